The Morgan fingerprint density at radius 3 is 2.22 bits per heavy atom. The second-order valence-electron chi connectivity index (χ2n) is 7.56. The highest BCUT2D eigenvalue weighted by molar-refractivity contribution is 5.58. The summed E-state index contributed by atoms with van der Waals surface area (Å²) in [5.41, 5.74) is 4.76. The summed E-state index contributed by atoms with van der Waals surface area (Å²) < 4.78 is 0. The molecule has 1 unspecified atom stereocenters. The van der Waals surface area contributed by atoms with Gasteiger partial charge in [-0.05, 0) is 36.5 Å². The van der Waals surface area contributed by atoms with Gasteiger partial charge in [0.25, 0.3) is 0 Å². The molecule has 0 amide bonds. The van der Waals surface area contributed by atoms with Crippen molar-refractivity contribution in [2.75, 3.05) is 0 Å². The van der Waals surface area contributed by atoms with Gasteiger partial charge in [0.05, 0.1) is 17.4 Å². The highest BCUT2D eigenvalue weighted by Crippen LogP contribution is 2.34. The topological polar surface area (TPSA) is 24.9 Å². The molecule has 0 bridgehead atoms. The first kappa shape index (κ1) is 17.9. The second-order valence-corrected chi connectivity index (χ2v) is 7.56. The van der Waals surface area contributed by atoms with E-state index in [0.717, 1.165) is 12.2 Å². The Morgan fingerprint density at radius 1 is 0.778 bits per heavy atom. The first-order valence-electron chi connectivity index (χ1n) is 10.2. The van der Waals surface area contributed by atoms with Crippen LogP contribution in [0.1, 0.15) is 49.4 Å². The van der Waals surface area contributed by atoms with Gasteiger partial charge in [0.1, 0.15) is 0 Å². The fourth-order valence-corrected chi connectivity index (χ4v) is 4.20. The first-order chi connectivity index (χ1) is 13.4. The fourth-order valence-electron chi connectivity index (χ4n) is 4.20. The van der Waals surface area contributed by atoms with E-state index in [1.165, 1.54) is 48.9 Å². The molecular formula is C25H28N2. The summed E-state index contributed by atoms with van der Waals surface area (Å²) >= 11 is 0. The molecule has 2 heteroatoms. The highest BCUT2D eigenvalue weighted by Gasteiger charge is 2.26. The van der Waals surface area contributed by atoms with Crippen LogP contribution >= 0.6 is 0 Å². The summed E-state index contributed by atoms with van der Waals surface area (Å²) in [7, 11) is 0. The molecule has 1 atom stereocenters. The maximum atomic E-state index is 5.07. The average molecular weight is 357 g/mol. The molecule has 1 N–H and O–H groups in total. The van der Waals surface area contributed by atoms with Crippen molar-refractivity contribution in [3.05, 3.63) is 90.1 Å². The van der Waals surface area contributed by atoms with Crippen LogP contribution in [-0.2, 0) is 6.54 Å². The fraction of sp³-hybridized carbons (Fsp3) is 0.320. The van der Waals surface area contributed by atoms with Gasteiger partial charge in [0.15, 0.2) is 0 Å². The summed E-state index contributed by atoms with van der Waals surface area (Å²) in [5, 5.41) is 3.84. The number of rotatable bonds is 6. The van der Waals surface area contributed by atoms with Crippen molar-refractivity contribution in [1.82, 2.24) is 10.3 Å². The lowest BCUT2D eigenvalue weighted by atomic mass is 9.82. The van der Waals surface area contributed by atoms with Crippen molar-refractivity contribution in [3.63, 3.8) is 0 Å². The summed E-state index contributed by atoms with van der Waals surface area (Å²) in [5.74, 6) is 0.668. The molecule has 4 rings (SSSR count). The number of aromatic nitrogens is 1. The minimum Gasteiger partial charge on any atom is -0.304 e. The van der Waals surface area contributed by atoms with Crippen molar-refractivity contribution in [2.45, 2.75) is 44.7 Å². The van der Waals surface area contributed by atoms with E-state index in [0.29, 0.717) is 12.0 Å². The number of benzene rings is 2. The average Bonchev–Trinajstić information content (AvgIpc) is 2.76. The van der Waals surface area contributed by atoms with Crippen LogP contribution in [0.5, 0.6) is 0 Å². The molecule has 1 saturated carbocycles. The molecule has 1 aromatic heterocycles. The van der Waals surface area contributed by atoms with Gasteiger partial charge in [0, 0.05) is 12.1 Å². The molecule has 0 radical (unpaired) electrons. The third kappa shape index (κ3) is 4.64. The van der Waals surface area contributed by atoms with E-state index >= 15 is 0 Å². The SMILES string of the molecule is c1ccc(CNC(c2cccc(-c3ccccc3)n2)C2CCCCC2)cc1. The van der Waals surface area contributed by atoms with Gasteiger partial charge in [-0.2, -0.15) is 0 Å². The molecule has 138 valence electrons. The third-order valence-corrected chi connectivity index (χ3v) is 5.65. The minimum atomic E-state index is 0.314. The molecule has 1 fully saturated rings. The Kier molecular flexibility index (Phi) is 5.96. The summed E-state index contributed by atoms with van der Waals surface area (Å²) in [6.07, 6.45) is 6.64. The molecule has 1 aliphatic rings. The zero-order valence-electron chi connectivity index (χ0n) is 15.9. The lowest BCUT2D eigenvalue weighted by molar-refractivity contribution is 0.266. The van der Waals surface area contributed by atoms with E-state index in [1.807, 2.05) is 0 Å². The van der Waals surface area contributed by atoms with Gasteiger partial charge in [-0.15, -0.1) is 0 Å². The molecule has 1 aliphatic carbocycles. The summed E-state index contributed by atoms with van der Waals surface area (Å²) in [6.45, 7) is 0.888. The van der Waals surface area contributed by atoms with Crippen LogP contribution in [0, 0.1) is 5.92 Å². The minimum absolute atomic E-state index is 0.314. The second kappa shape index (κ2) is 8.96. The van der Waals surface area contributed by atoms with Crippen LogP contribution < -0.4 is 5.32 Å². The van der Waals surface area contributed by atoms with Gasteiger partial charge >= 0.3 is 0 Å². The van der Waals surface area contributed by atoms with Gasteiger partial charge in [0.2, 0.25) is 0 Å². The maximum absolute atomic E-state index is 5.07. The lowest BCUT2D eigenvalue weighted by Gasteiger charge is -2.31. The maximum Gasteiger partial charge on any atom is 0.0706 e. The Bertz CT molecular complexity index is 823. The molecule has 0 saturated heterocycles. The molecule has 0 spiro atoms. The van der Waals surface area contributed by atoms with E-state index in [4.69, 9.17) is 4.98 Å². The standard InChI is InChI=1S/C25H28N2/c1-4-11-20(12-5-1)19-26-25(22-15-8-3-9-16-22)24-18-10-17-23(27-24)21-13-6-2-7-14-21/h1-2,4-7,10-14,17-18,22,25-26H,3,8-9,15-16,19H2. The zero-order chi connectivity index (χ0) is 18.3. The predicted molar refractivity (Wildman–Crippen MR) is 112 cm³/mol. The monoisotopic (exact) mass is 356 g/mol. The lowest BCUT2D eigenvalue weighted by Crippen LogP contribution is -2.30. The number of hydrogen-bond donors (Lipinski definition) is 1. The third-order valence-electron chi connectivity index (χ3n) is 5.65. The van der Waals surface area contributed by atoms with Crippen molar-refractivity contribution >= 4 is 0 Å². The number of pyridine rings is 1. The number of nitrogens with zero attached hydrogens (tertiary/aromatic N) is 1. The summed E-state index contributed by atoms with van der Waals surface area (Å²) in [6, 6.07) is 28.0. The van der Waals surface area contributed by atoms with Crippen LogP contribution in [0.25, 0.3) is 11.3 Å². The van der Waals surface area contributed by atoms with Gasteiger partial charge in [-0.1, -0.05) is 86.0 Å². The van der Waals surface area contributed by atoms with E-state index in [-0.39, 0.29) is 0 Å². The van der Waals surface area contributed by atoms with E-state index in [9.17, 15) is 0 Å². The van der Waals surface area contributed by atoms with Crippen molar-refractivity contribution < 1.29 is 0 Å². The van der Waals surface area contributed by atoms with Gasteiger partial charge in [-0.25, -0.2) is 0 Å². The normalized spacial score (nSPS) is 16.1. The highest BCUT2D eigenvalue weighted by atomic mass is 15.0. The Hall–Kier alpha value is -2.45. The molecule has 0 aliphatic heterocycles. The molecule has 3 aromatic rings. The smallest absolute Gasteiger partial charge is 0.0706 e. The number of hydrogen-bond acceptors (Lipinski definition) is 2. The first-order valence-corrected chi connectivity index (χ1v) is 10.2. The number of nitrogens with one attached hydrogen (secondary N) is 1. The van der Waals surface area contributed by atoms with Crippen molar-refractivity contribution in [2.24, 2.45) is 5.92 Å². The van der Waals surface area contributed by atoms with E-state index in [1.54, 1.807) is 0 Å². The Labute approximate surface area is 162 Å². The van der Waals surface area contributed by atoms with Crippen LogP contribution in [0.2, 0.25) is 0 Å². The largest absolute Gasteiger partial charge is 0.304 e. The molecule has 1 heterocycles. The van der Waals surface area contributed by atoms with Gasteiger partial charge < -0.3 is 5.32 Å². The molecule has 2 aromatic carbocycles. The van der Waals surface area contributed by atoms with Crippen molar-refractivity contribution in [1.29, 1.82) is 0 Å². The Morgan fingerprint density at radius 2 is 1.48 bits per heavy atom. The van der Waals surface area contributed by atoms with E-state index in [2.05, 4.69) is 84.2 Å². The van der Waals surface area contributed by atoms with Crippen molar-refractivity contribution in [3.8, 4) is 11.3 Å². The molecule has 27 heavy (non-hydrogen) atoms. The molecule has 2 nitrogen and oxygen atoms in total. The molecular weight excluding hydrogens is 328 g/mol. The predicted octanol–water partition coefficient (Wildman–Crippen LogP) is 6.16. The zero-order valence-corrected chi connectivity index (χ0v) is 15.9. The van der Waals surface area contributed by atoms with Crippen LogP contribution in [0.4, 0.5) is 0 Å². The van der Waals surface area contributed by atoms with E-state index < -0.39 is 0 Å². The Balaban J connectivity index is 1.59. The van der Waals surface area contributed by atoms with Crippen LogP contribution in [-0.4, -0.2) is 4.98 Å². The van der Waals surface area contributed by atoms with Crippen LogP contribution in [0.15, 0.2) is 78.9 Å². The van der Waals surface area contributed by atoms with Crippen LogP contribution in [0.3, 0.4) is 0 Å². The summed E-state index contributed by atoms with van der Waals surface area (Å²) in [4.78, 5) is 5.07. The quantitative estimate of drug-likeness (QED) is 0.572. The van der Waals surface area contributed by atoms with Gasteiger partial charge in [-0.3, -0.25) is 4.98 Å².